The molecule has 1 unspecified atom stereocenters. The summed E-state index contributed by atoms with van der Waals surface area (Å²) in [5.41, 5.74) is 1.21. The van der Waals surface area contributed by atoms with Gasteiger partial charge < -0.3 is 9.88 Å². The Morgan fingerprint density at radius 2 is 2.15 bits per heavy atom. The van der Waals surface area contributed by atoms with E-state index in [2.05, 4.69) is 10.3 Å². The highest BCUT2D eigenvalue weighted by atomic mass is 35.5. The normalized spacial score (nSPS) is 12.9. The van der Waals surface area contributed by atoms with Crippen molar-refractivity contribution in [2.24, 2.45) is 0 Å². The predicted octanol–water partition coefficient (Wildman–Crippen LogP) is 3.00. The number of benzene rings is 1. The quantitative estimate of drug-likeness (QED) is 0.882. The van der Waals surface area contributed by atoms with E-state index in [1.54, 1.807) is 17.6 Å². The molecule has 0 spiro atoms. The van der Waals surface area contributed by atoms with Gasteiger partial charge in [-0.05, 0) is 32.9 Å². The third kappa shape index (κ3) is 2.77. The molecule has 1 aromatic heterocycles. The van der Waals surface area contributed by atoms with Gasteiger partial charge in [0.25, 0.3) is 0 Å². The third-order valence-corrected chi connectivity index (χ3v) is 3.28. The van der Waals surface area contributed by atoms with E-state index in [1.807, 2.05) is 13.8 Å². The molecule has 1 heterocycles. The summed E-state index contributed by atoms with van der Waals surface area (Å²) in [6.07, 6.45) is 0. The van der Waals surface area contributed by atoms with Crippen molar-refractivity contribution in [2.45, 2.75) is 38.7 Å². The van der Waals surface area contributed by atoms with Crippen LogP contribution in [0, 0.1) is 5.82 Å². The molecule has 0 bridgehead atoms. The molecule has 0 saturated carbocycles. The zero-order chi connectivity index (χ0) is 14.9. The molecule has 1 N–H and O–H groups in total. The van der Waals surface area contributed by atoms with Crippen molar-refractivity contribution in [1.29, 1.82) is 0 Å². The van der Waals surface area contributed by atoms with Gasteiger partial charge >= 0.3 is 0 Å². The summed E-state index contributed by atoms with van der Waals surface area (Å²) in [4.78, 5) is 16.4. The lowest BCUT2D eigenvalue weighted by Gasteiger charge is -2.18. The highest BCUT2D eigenvalue weighted by Crippen LogP contribution is 2.23. The number of hydrogen-bond acceptors (Lipinski definition) is 2. The van der Waals surface area contributed by atoms with Crippen LogP contribution >= 0.6 is 11.6 Å². The maximum Gasteiger partial charge on any atom is 0.243 e. The maximum atomic E-state index is 13.3. The van der Waals surface area contributed by atoms with E-state index in [4.69, 9.17) is 11.6 Å². The number of imidazole rings is 1. The number of hydrogen-bond donors (Lipinski definition) is 1. The standard InChI is InChI=1S/C14H17ClFN3O/c1-8(2)17-14(20)9(3)19-12-5-4-10(16)6-11(12)18-13(19)7-15/h4-6,8-9H,7H2,1-3H3,(H,17,20). The minimum atomic E-state index is -0.457. The molecule has 0 aliphatic rings. The molecule has 1 aromatic carbocycles. The lowest BCUT2D eigenvalue weighted by atomic mass is 10.2. The first-order valence-electron chi connectivity index (χ1n) is 6.46. The van der Waals surface area contributed by atoms with Crippen LogP contribution in [-0.2, 0) is 10.7 Å². The fourth-order valence-corrected chi connectivity index (χ4v) is 2.36. The Labute approximate surface area is 121 Å². The van der Waals surface area contributed by atoms with Crippen molar-refractivity contribution in [3.63, 3.8) is 0 Å². The van der Waals surface area contributed by atoms with Gasteiger partial charge in [0.2, 0.25) is 5.91 Å². The third-order valence-electron chi connectivity index (χ3n) is 3.04. The average molecular weight is 298 g/mol. The van der Waals surface area contributed by atoms with Crippen LogP contribution in [0.1, 0.15) is 32.6 Å². The minimum Gasteiger partial charge on any atom is -0.352 e. The molecule has 108 valence electrons. The van der Waals surface area contributed by atoms with E-state index in [9.17, 15) is 9.18 Å². The van der Waals surface area contributed by atoms with Crippen molar-refractivity contribution >= 4 is 28.5 Å². The van der Waals surface area contributed by atoms with Crippen molar-refractivity contribution in [2.75, 3.05) is 0 Å². The lowest BCUT2D eigenvalue weighted by Crippen LogP contribution is -2.36. The van der Waals surface area contributed by atoms with E-state index < -0.39 is 6.04 Å². The van der Waals surface area contributed by atoms with Crippen LogP contribution in [0.3, 0.4) is 0 Å². The molecule has 4 nitrogen and oxygen atoms in total. The Bertz CT molecular complexity index is 639. The van der Waals surface area contributed by atoms with Gasteiger partial charge in [-0.2, -0.15) is 0 Å². The first kappa shape index (κ1) is 14.8. The van der Waals surface area contributed by atoms with E-state index in [1.165, 1.54) is 12.1 Å². The molecular weight excluding hydrogens is 281 g/mol. The van der Waals surface area contributed by atoms with Crippen LogP contribution in [0.25, 0.3) is 11.0 Å². The molecule has 2 aromatic rings. The predicted molar refractivity (Wildman–Crippen MR) is 77.2 cm³/mol. The number of carbonyl (C=O) groups is 1. The zero-order valence-electron chi connectivity index (χ0n) is 11.7. The van der Waals surface area contributed by atoms with Crippen LogP contribution in [0.4, 0.5) is 4.39 Å². The van der Waals surface area contributed by atoms with Crippen molar-refractivity contribution in [1.82, 2.24) is 14.9 Å². The van der Waals surface area contributed by atoms with Crippen LogP contribution in [0.2, 0.25) is 0 Å². The zero-order valence-corrected chi connectivity index (χ0v) is 12.4. The number of nitrogens with zero attached hydrogens (tertiary/aromatic N) is 2. The Morgan fingerprint density at radius 1 is 1.45 bits per heavy atom. The van der Waals surface area contributed by atoms with Crippen molar-refractivity contribution in [3.8, 4) is 0 Å². The molecular formula is C14H17ClFN3O. The summed E-state index contributed by atoms with van der Waals surface area (Å²) in [5, 5.41) is 2.85. The first-order chi connectivity index (χ1) is 9.43. The molecule has 1 amide bonds. The SMILES string of the molecule is CC(C)NC(=O)C(C)n1c(CCl)nc2cc(F)ccc21. The Hall–Kier alpha value is -1.62. The van der Waals surface area contributed by atoms with Crippen LogP contribution in [0.5, 0.6) is 0 Å². The number of nitrogens with one attached hydrogen (secondary N) is 1. The minimum absolute atomic E-state index is 0.0524. The number of carbonyl (C=O) groups excluding carboxylic acids is 1. The molecule has 0 aliphatic heterocycles. The van der Waals surface area contributed by atoms with Crippen LogP contribution in [0.15, 0.2) is 18.2 Å². The van der Waals surface area contributed by atoms with Gasteiger partial charge in [-0.3, -0.25) is 4.79 Å². The second-order valence-electron chi connectivity index (χ2n) is 5.00. The van der Waals surface area contributed by atoms with Gasteiger partial charge in [-0.15, -0.1) is 11.6 Å². The first-order valence-corrected chi connectivity index (χ1v) is 7.00. The number of halogens is 2. The number of alkyl halides is 1. The fourth-order valence-electron chi connectivity index (χ4n) is 2.17. The topological polar surface area (TPSA) is 46.9 Å². The molecule has 0 saturated heterocycles. The van der Waals surface area contributed by atoms with Gasteiger partial charge in [0.15, 0.2) is 0 Å². The molecule has 0 aliphatic carbocycles. The van der Waals surface area contributed by atoms with Crippen molar-refractivity contribution < 1.29 is 9.18 Å². The van der Waals surface area contributed by atoms with Crippen molar-refractivity contribution in [3.05, 3.63) is 29.8 Å². The summed E-state index contributed by atoms with van der Waals surface area (Å²) in [5.74, 6) is 0.242. The fraction of sp³-hybridized carbons (Fsp3) is 0.429. The molecule has 1 atom stereocenters. The van der Waals surface area contributed by atoms with E-state index in [0.29, 0.717) is 16.9 Å². The lowest BCUT2D eigenvalue weighted by molar-refractivity contribution is -0.124. The molecule has 6 heteroatoms. The Balaban J connectivity index is 2.49. The highest BCUT2D eigenvalue weighted by Gasteiger charge is 2.21. The van der Waals surface area contributed by atoms with E-state index >= 15 is 0 Å². The number of rotatable bonds is 4. The van der Waals surface area contributed by atoms with E-state index in [0.717, 1.165) is 0 Å². The average Bonchev–Trinajstić information content (AvgIpc) is 2.74. The van der Waals surface area contributed by atoms with Crippen LogP contribution in [-0.4, -0.2) is 21.5 Å². The molecule has 0 radical (unpaired) electrons. The van der Waals surface area contributed by atoms with Gasteiger partial charge in [-0.25, -0.2) is 9.37 Å². The number of aromatic nitrogens is 2. The van der Waals surface area contributed by atoms with E-state index in [-0.39, 0.29) is 23.6 Å². The Morgan fingerprint density at radius 3 is 2.75 bits per heavy atom. The Kier molecular flexibility index (Phi) is 4.28. The summed E-state index contributed by atoms with van der Waals surface area (Å²) < 4.78 is 15.0. The van der Waals surface area contributed by atoms with Gasteiger partial charge in [0.05, 0.1) is 16.9 Å². The highest BCUT2D eigenvalue weighted by molar-refractivity contribution is 6.16. The second kappa shape index (κ2) is 5.79. The largest absolute Gasteiger partial charge is 0.352 e. The summed E-state index contributed by atoms with van der Waals surface area (Å²) in [6.45, 7) is 5.57. The molecule has 20 heavy (non-hydrogen) atoms. The van der Waals surface area contributed by atoms with Crippen LogP contribution < -0.4 is 5.32 Å². The maximum absolute atomic E-state index is 13.3. The number of fused-ring (bicyclic) bond motifs is 1. The second-order valence-corrected chi connectivity index (χ2v) is 5.27. The summed E-state index contributed by atoms with van der Waals surface area (Å²) >= 11 is 5.89. The summed E-state index contributed by atoms with van der Waals surface area (Å²) in [7, 11) is 0. The van der Waals surface area contributed by atoms with Gasteiger partial charge in [0.1, 0.15) is 17.7 Å². The molecule has 2 rings (SSSR count). The summed E-state index contributed by atoms with van der Waals surface area (Å²) in [6, 6.07) is 3.91. The smallest absolute Gasteiger partial charge is 0.243 e. The number of amides is 1. The molecule has 0 fully saturated rings. The van der Waals surface area contributed by atoms with Gasteiger partial charge in [-0.1, -0.05) is 0 Å². The monoisotopic (exact) mass is 297 g/mol. The van der Waals surface area contributed by atoms with Gasteiger partial charge in [0, 0.05) is 12.1 Å².